The third kappa shape index (κ3) is 3.35. The van der Waals surface area contributed by atoms with Crippen LogP contribution in [-0.4, -0.2) is 30.7 Å². The van der Waals surface area contributed by atoms with E-state index in [1.807, 2.05) is 30.1 Å². The van der Waals surface area contributed by atoms with E-state index in [1.54, 1.807) is 13.3 Å². The van der Waals surface area contributed by atoms with Crippen molar-refractivity contribution in [1.29, 1.82) is 0 Å². The molecule has 0 amide bonds. The molecular weight excluding hydrogens is 262 g/mol. The van der Waals surface area contributed by atoms with Crippen molar-refractivity contribution in [2.24, 2.45) is 0 Å². The van der Waals surface area contributed by atoms with Crippen molar-refractivity contribution >= 4 is 17.4 Å². The first-order valence-corrected chi connectivity index (χ1v) is 6.38. The van der Waals surface area contributed by atoms with E-state index < -0.39 is 0 Å². The summed E-state index contributed by atoms with van der Waals surface area (Å²) in [5.74, 6) is 1.65. The fraction of sp³-hybridized carbons (Fsp3) is 0.286. The predicted octanol–water partition coefficient (Wildman–Crippen LogP) is 2.82. The van der Waals surface area contributed by atoms with Crippen LogP contribution in [0, 0.1) is 0 Å². The van der Waals surface area contributed by atoms with Gasteiger partial charge in [-0.25, -0.2) is 9.97 Å². The summed E-state index contributed by atoms with van der Waals surface area (Å²) in [5, 5.41) is 0.560. The number of para-hydroxylation sites is 1. The maximum atomic E-state index is 6.07. The van der Waals surface area contributed by atoms with E-state index in [1.165, 1.54) is 11.9 Å². The van der Waals surface area contributed by atoms with E-state index in [9.17, 15) is 0 Å². The molecule has 0 N–H and O–H groups in total. The van der Waals surface area contributed by atoms with Crippen molar-refractivity contribution in [1.82, 2.24) is 9.97 Å². The van der Waals surface area contributed by atoms with Crippen LogP contribution in [0.25, 0.3) is 0 Å². The molecular formula is C14H16ClN3O. The number of likely N-dealkylation sites (N-methyl/N-ethyl adjacent to an activating group) is 1. The zero-order valence-electron chi connectivity index (χ0n) is 11.0. The third-order valence-corrected chi connectivity index (χ3v) is 3.19. The smallest absolute Gasteiger partial charge is 0.150 e. The molecule has 1 aromatic heterocycles. The lowest BCUT2D eigenvalue weighted by atomic mass is 10.1. The van der Waals surface area contributed by atoms with Gasteiger partial charge in [-0.1, -0.05) is 29.8 Å². The van der Waals surface area contributed by atoms with Gasteiger partial charge in [-0.3, -0.25) is 0 Å². The minimum atomic E-state index is 0.560. The molecule has 100 valence electrons. The van der Waals surface area contributed by atoms with E-state index in [4.69, 9.17) is 16.3 Å². The zero-order chi connectivity index (χ0) is 13.7. The average molecular weight is 278 g/mol. The maximum Gasteiger partial charge on any atom is 0.150 e. The average Bonchev–Trinajstić information content (AvgIpc) is 2.45. The Balaban J connectivity index is 2.04. The standard InChI is InChI=1S/C14H16ClN3O/c1-18(14-12(15)9-16-10-17-14)8-7-11-5-3-4-6-13(11)19-2/h3-6,9-10H,7-8H2,1-2H3. The number of nitrogens with zero attached hydrogens (tertiary/aromatic N) is 3. The van der Waals surface area contributed by atoms with Crippen LogP contribution in [-0.2, 0) is 6.42 Å². The fourth-order valence-corrected chi connectivity index (χ4v) is 2.14. The summed E-state index contributed by atoms with van der Waals surface area (Å²) < 4.78 is 5.34. The second-order valence-corrected chi connectivity index (χ2v) is 4.58. The molecule has 2 aromatic rings. The third-order valence-electron chi connectivity index (χ3n) is 2.92. The Morgan fingerprint density at radius 2 is 2.11 bits per heavy atom. The first-order valence-electron chi connectivity index (χ1n) is 6.01. The number of aromatic nitrogens is 2. The van der Waals surface area contributed by atoms with Crippen molar-refractivity contribution < 1.29 is 4.74 Å². The first kappa shape index (κ1) is 13.6. The number of ether oxygens (including phenoxy) is 1. The number of anilines is 1. The second-order valence-electron chi connectivity index (χ2n) is 4.18. The highest BCUT2D eigenvalue weighted by Crippen LogP contribution is 2.22. The molecule has 0 fully saturated rings. The highest BCUT2D eigenvalue weighted by atomic mass is 35.5. The molecule has 5 heteroatoms. The van der Waals surface area contributed by atoms with Gasteiger partial charge in [0.05, 0.1) is 13.3 Å². The van der Waals surface area contributed by atoms with Crippen LogP contribution in [0.3, 0.4) is 0 Å². The van der Waals surface area contributed by atoms with Crippen LogP contribution in [0.15, 0.2) is 36.8 Å². The van der Waals surface area contributed by atoms with Gasteiger partial charge in [-0.05, 0) is 18.1 Å². The van der Waals surface area contributed by atoms with Gasteiger partial charge >= 0.3 is 0 Å². The highest BCUT2D eigenvalue weighted by Gasteiger charge is 2.09. The topological polar surface area (TPSA) is 38.2 Å². The molecule has 0 saturated heterocycles. The Kier molecular flexibility index (Phi) is 4.58. The number of halogens is 1. The Labute approximate surface area is 118 Å². The van der Waals surface area contributed by atoms with Gasteiger partial charge in [0.2, 0.25) is 0 Å². The zero-order valence-corrected chi connectivity index (χ0v) is 11.8. The molecule has 4 nitrogen and oxygen atoms in total. The second kappa shape index (κ2) is 6.38. The summed E-state index contributed by atoms with van der Waals surface area (Å²) in [6, 6.07) is 8.00. The Bertz CT molecular complexity index is 548. The molecule has 0 bridgehead atoms. The van der Waals surface area contributed by atoms with E-state index in [0.717, 1.165) is 24.5 Å². The van der Waals surface area contributed by atoms with Gasteiger partial charge in [0.1, 0.15) is 17.1 Å². The lowest BCUT2D eigenvalue weighted by molar-refractivity contribution is 0.409. The van der Waals surface area contributed by atoms with Gasteiger partial charge in [0.25, 0.3) is 0 Å². The number of hydrogen-bond donors (Lipinski definition) is 0. The van der Waals surface area contributed by atoms with Crippen molar-refractivity contribution in [3.63, 3.8) is 0 Å². The van der Waals surface area contributed by atoms with Crippen molar-refractivity contribution in [3.8, 4) is 5.75 Å². The molecule has 2 rings (SSSR count). The Morgan fingerprint density at radius 1 is 1.32 bits per heavy atom. The molecule has 0 saturated carbocycles. The normalized spacial score (nSPS) is 10.3. The molecule has 0 unspecified atom stereocenters. The molecule has 0 radical (unpaired) electrons. The summed E-state index contributed by atoms with van der Waals surface area (Å²) in [4.78, 5) is 10.1. The van der Waals surface area contributed by atoms with Crippen LogP contribution in [0.2, 0.25) is 5.02 Å². The summed E-state index contributed by atoms with van der Waals surface area (Å²) in [7, 11) is 3.65. The fourth-order valence-electron chi connectivity index (χ4n) is 1.89. The van der Waals surface area contributed by atoms with Gasteiger partial charge in [0.15, 0.2) is 5.82 Å². The highest BCUT2D eigenvalue weighted by molar-refractivity contribution is 6.32. The monoisotopic (exact) mass is 277 g/mol. The molecule has 0 aliphatic rings. The molecule has 0 atom stereocenters. The number of hydrogen-bond acceptors (Lipinski definition) is 4. The van der Waals surface area contributed by atoms with Gasteiger partial charge in [-0.2, -0.15) is 0 Å². The number of rotatable bonds is 5. The SMILES string of the molecule is COc1ccccc1CCN(C)c1ncncc1Cl. The minimum absolute atomic E-state index is 0.560. The molecule has 1 aromatic carbocycles. The quantitative estimate of drug-likeness (QED) is 0.842. The van der Waals surface area contributed by atoms with E-state index in [2.05, 4.69) is 16.0 Å². The van der Waals surface area contributed by atoms with Crippen LogP contribution >= 0.6 is 11.6 Å². The maximum absolute atomic E-state index is 6.07. The molecule has 0 spiro atoms. The van der Waals surface area contributed by atoms with Crippen molar-refractivity contribution in [3.05, 3.63) is 47.4 Å². The summed E-state index contributed by atoms with van der Waals surface area (Å²) in [5.41, 5.74) is 1.17. The Morgan fingerprint density at radius 3 is 2.84 bits per heavy atom. The van der Waals surface area contributed by atoms with Crippen LogP contribution in [0.1, 0.15) is 5.56 Å². The molecule has 19 heavy (non-hydrogen) atoms. The summed E-state index contributed by atoms with van der Waals surface area (Å²) in [6.45, 7) is 0.803. The number of benzene rings is 1. The van der Waals surface area contributed by atoms with E-state index in [0.29, 0.717) is 5.02 Å². The molecule has 1 heterocycles. The van der Waals surface area contributed by atoms with E-state index in [-0.39, 0.29) is 0 Å². The number of methoxy groups -OCH3 is 1. The summed E-state index contributed by atoms with van der Waals surface area (Å²) in [6.07, 6.45) is 3.96. The lowest BCUT2D eigenvalue weighted by Crippen LogP contribution is -2.22. The lowest BCUT2D eigenvalue weighted by Gasteiger charge is -2.19. The van der Waals surface area contributed by atoms with E-state index >= 15 is 0 Å². The van der Waals surface area contributed by atoms with Crippen LogP contribution in [0.5, 0.6) is 5.75 Å². The largest absolute Gasteiger partial charge is 0.496 e. The predicted molar refractivity (Wildman–Crippen MR) is 77.0 cm³/mol. The van der Waals surface area contributed by atoms with Crippen LogP contribution < -0.4 is 9.64 Å². The van der Waals surface area contributed by atoms with Crippen molar-refractivity contribution in [2.75, 3.05) is 25.6 Å². The Hall–Kier alpha value is -1.81. The van der Waals surface area contributed by atoms with Gasteiger partial charge in [-0.15, -0.1) is 0 Å². The molecule has 0 aliphatic heterocycles. The van der Waals surface area contributed by atoms with Crippen LogP contribution in [0.4, 0.5) is 5.82 Å². The molecule has 0 aliphatic carbocycles. The summed E-state index contributed by atoms with van der Waals surface area (Å²) >= 11 is 6.07. The van der Waals surface area contributed by atoms with Gasteiger partial charge in [0, 0.05) is 13.6 Å². The first-order chi connectivity index (χ1) is 9.22. The minimum Gasteiger partial charge on any atom is -0.496 e. The van der Waals surface area contributed by atoms with Gasteiger partial charge < -0.3 is 9.64 Å². The van der Waals surface area contributed by atoms with Crippen molar-refractivity contribution in [2.45, 2.75) is 6.42 Å².